The second kappa shape index (κ2) is 8.94. The predicted molar refractivity (Wildman–Crippen MR) is 103 cm³/mol. The number of hydrogen-bond donors (Lipinski definition) is 0. The maximum absolute atomic E-state index is 12.8. The van der Waals surface area contributed by atoms with Crippen molar-refractivity contribution in [1.82, 2.24) is 9.78 Å². The molecule has 3 rings (SSSR count). The first-order valence-corrected chi connectivity index (χ1v) is 9.02. The van der Waals surface area contributed by atoms with Crippen molar-refractivity contribution in [3.63, 3.8) is 0 Å². The van der Waals surface area contributed by atoms with E-state index in [-0.39, 0.29) is 17.9 Å². The lowest BCUT2D eigenvalue weighted by Crippen LogP contribution is -2.26. The average molecular weight is 380 g/mol. The molecule has 0 spiro atoms. The third-order valence-electron chi connectivity index (χ3n) is 4.08. The van der Waals surface area contributed by atoms with Gasteiger partial charge in [-0.05, 0) is 24.6 Å². The standard InChI is InChI=1S/C21H20N2O5/c1-2-3-13-27-18(24)14-28-21(26)19-16-11-7-8-12-17(16)20(25)23(22-19)15-9-5-4-6-10-15/h4-12H,2-3,13-14H2,1H3. The third kappa shape index (κ3) is 4.25. The molecule has 0 atom stereocenters. The summed E-state index contributed by atoms with van der Waals surface area (Å²) in [5.74, 6) is -1.42. The predicted octanol–water partition coefficient (Wildman–Crippen LogP) is 2.89. The van der Waals surface area contributed by atoms with Gasteiger partial charge in [0, 0.05) is 5.39 Å². The van der Waals surface area contributed by atoms with Gasteiger partial charge in [-0.25, -0.2) is 9.59 Å². The minimum Gasteiger partial charge on any atom is -0.463 e. The van der Waals surface area contributed by atoms with Crippen LogP contribution in [0.5, 0.6) is 0 Å². The van der Waals surface area contributed by atoms with Crippen LogP contribution in [-0.2, 0) is 14.3 Å². The average Bonchev–Trinajstić information content (AvgIpc) is 2.73. The van der Waals surface area contributed by atoms with E-state index < -0.39 is 18.5 Å². The van der Waals surface area contributed by atoms with Gasteiger partial charge < -0.3 is 9.47 Å². The Morgan fingerprint density at radius 2 is 1.64 bits per heavy atom. The zero-order chi connectivity index (χ0) is 19.9. The summed E-state index contributed by atoms with van der Waals surface area (Å²) >= 11 is 0. The van der Waals surface area contributed by atoms with E-state index in [1.165, 1.54) is 0 Å². The first-order chi connectivity index (χ1) is 13.6. The summed E-state index contributed by atoms with van der Waals surface area (Å²) in [5.41, 5.74) is 0.129. The second-order valence-electron chi connectivity index (χ2n) is 6.10. The molecule has 0 aliphatic carbocycles. The molecule has 0 bridgehead atoms. The molecule has 0 unspecified atom stereocenters. The number of para-hydroxylation sites is 1. The van der Waals surface area contributed by atoms with Crippen LogP contribution < -0.4 is 5.56 Å². The molecule has 3 aromatic rings. The van der Waals surface area contributed by atoms with Gasteiger partial charge in [0.25, 0.3) is 5.56 Å². The van der Waals surface area contributed by atoms with Crippen molar-refractivity contribution in [1.29, 1.82) is 0 Å². The molecule has 7 heteroatoms. The first kappa shape index (κ1) is 19.3. The fraction of sp³-hybridized carbons (Fsp3) is 0.238. The van der Waals surface area contributed by atoms with Gasteiger partial charge in [-0.2, -0.15) is 9.78 Å². The van der Waals surface area contributed by atoms with E-state index >= 15 is 0 Å². The Balaban J connectivity index is 1.92. The van der Waals surface area contributed by atoms with Gasteiger partial charge in [0.15, 0.2) is 12.3 Å². The quantitative estimate of drug-likeness (QED) is 0.463. The lowest BCUT2D eigenvalue weighted by atomic mass is 10.1. The Kier molecular flexibility index (Phi) is 6.16. The maximum Gasteiger partial charge on any atom is 0.360 e. The van der Waals surface area contributed by atoms with Crippen LogP contribution in [0, 0.1) is 0 Å². The van der Waals surface area contributed by atoms with Crippen molar-refractivity contribution in [3.05, 3.63) is 70.6 Å². The SMILES string of the molecule is CCCCOC(=O)COC(=O)c1nn(-c2ccccc2)c(=O)c2ccccc12. The molecule has 144 valence electrons. The fourth-order valence-corrected chi connectivity index (χ4v) is 2.65. The highest BCUT2D eigenvalue weighted by Crippen LogP contribution is 2.16. The van der Waals surface area contributed by atoms with Gasteiger partial charge in [0.2, 0.25) is 0 Å². The molecule has 0 aliphatic heterocycles. The monoisotopic (exact) mass is 380 g/mol. The van der Waals surface area contributed by atoms with Crippen molar-refractivity contribution in [3.8, 4) is 5.69 Å². The van der Waals surface area contributed by atoms with Gasteiger partial charge in [-0.3, -0.25) is 4.79 Å². The molecule has 28 heavy (non-hydrogen) atoms. The van der Waals surface area contributed by atoms with Gasteiger partial charge in [-0.15, -0.1) is 0 Å². The van der Waals surface area contributed by atoms with Crippen molar-refractivity contribution >= 4 is 22.7 Å². The van der Waals surface area contributed by atoms with E-state index in [0.29, 0.717) is 16.5 Å². The summed E-state index contributed by atoms with van der Waals surface area (Å²) in [6.45, 7) is 1.75. The van der Waals surface area contributed by atoms with Gasteiger partial charge in [-0.1, -0.05) is 49.7 Å². The molecule has 7 nitrogen and oxygen atoms in total. The molecule has 0 saturated heterocycles. The summed E-state index contributed by atoms with van der Waals surface area (Å²) in [5, 5.41) is 4.90. The number of ether oxygens (including phenoxy) is 2. The van der Waals surface area contributed by atoms with Crippen LogP contribution in [-0.4, -0.2) is 34.9 Å². The van der Waals surface area contributed by atoms with E-state index in [1.54, 1.807) is 48.5 Å². The molecular weight excluding hydrogens is 360 g/mol. The Morgan fingerprint density at radius 1 is 0.964 bits per heavy atom. The lowest BCUT2D eigenvalue weighted by molar-refractivity contribution is -0.147. The van der Waals surface area contributed by atoms with Crippen molar-refractivity contribution in [2.75, 3.05) is 13.2 Å². The highest BCUT2D eigenvalue weighted by Gasteiger charge is 2.19. The molecule has 0 N–H and O–H groups in total. The van der Waals surface area contributed by atoms with E-state index in [2.05, 4.69) is 5.10 Å². The molecule has 0 aliphatic rings. The Morgan fingerprint density at radius 3 is 2.36 bits per heavy atom. The zero-order valence-corrected chi connectivity index (χ0v) is 15.5. The van der Waals surface area contributed by atoms with Crippen LogP contribution in [0.15, 0.2) is 59.4 Å². The number of hydrogen-bond acceptors (Lipinski definition) is 6. The first-order valence-electron chi connectivity index (χ1n) is 9.02. The van der Waals surface area contributed by atoms with Crippen LogP contribution in [0.3, 0.4) is 0 Å². The number of carbonyl (C=O) groups is 2. The van der Waals surface area contributed by atoms with Crippen molar-refractivity contribution in [2.24, 2.45) is 0 Å². The normalized spacial score (nSPS) is 10.6. The van der Waals surface area contributed by atoms with Crippen LogP contribution in [0.4, 0.5) is 0 Å². The number of esters is 2. The number of unbranched alkanes of at least 4 members (excludes halogenated alkanes) is 1. The molecule has 0 saturated carbocycles. The van der Waals surface area contributed by atoms with E-state index in [0.717, 1.165) is 17.5 Å². The van der Waals surface area contributed by atoms with E-state index in [4.69, 9.17) is 9.47 Å². The minimum absolute atomic E-state index is 0.0413. The summed E-state index contributed by atoms with van der Waals surface area (Å²) in [7, 11) is 0. The number of nitrogens with zero attached hydrogens (tertiary/aromatic N) is 2. The minimum atomic E-state index is -0.798. The number of aromatic nitrogens is 2. The number of rotatable bonds is 7. The molecule has 1 heterocycles. The summed E-state index contributed by atoms with van der Waals surface area (Å²) < 4.78 is 11.2. The zero-order valence-electron chi connectivity index (χ0n) is 15.5. The molecule has 0 radical (unpaired) electrons. The topological polar surface area (TPSA) is 87.5 Å². The number of benzene rings is 2. The lowest BCUT2D eigenvalue weighted by Gasteiger charge is -2.11. The Hall–Kier alpha value is -3.48. The highest BCUT2D eigenvalue weighted by atomic mass is 16.6. The molecule has 0 amide bonds. The van der Waals surface area contributed by atoms with Crippen LogP contribution in [0.1, 0.15) is 30.3 Å². The van der Waals surface area contributed by atoms with Crippen molar-refractivity contribution in [2.45, 2.75) is 19.8 Å². The fourth-order valence-electron chi connectivity index (χ4n) is 2.65. The summed E-state index contributed by atoms with van der Waals surface area (Å²) in [6, 6.07) is 15.4. The Bertz CT molecular complexity index is 1040. The van der Waals surface area contributed by atoms with Gasteiger partial charge in [0.1, 0.15) is 0 Å². The molecular formula is C21H20N2O5. The summed E-state index contributed by atoms with van der Waals surface area (Å²) in [4.78, 5) is 37.1. The molecule has 2 aromatic carbocycles. The summed E-state index contributed by atoms with van der Waals surface area (Å²) in [6.07, 6.45) is 1.64. The van der Waals surface area contributed by atoms with Crippen molar-refractivity contribution < 1.29 is 19.1 Å². The Labute approximate surface area is 161 Å². The molecule has 0 fully saturated rings. The van der Waals surface area contributed by atoms with Gasteiger partial charge in [0.05, 0.1) is 17.7 Å². The number of fused-ring (bicyclic) bond motifs is 1. The van der Waals surface area contributed by atoms with E-state index in [9.17, 15) is 14.4 Å². The largest absolute Gasteiger partial charge is 0.463 e. The van der Waals surface area contributed by atoms with Crippen LogP contribution >= 0.6 is 0 Å². The maximum atomic E-state index is 12.8. The van der Waals surface area contributed by atoms with Gasteiger partial charge >= 0.3 is 11.9 Å². The van der Waals surface area contributed by atoms with Crippen LogP contribution in [0.25, 0.3) is 16.5 Å². The van der Waals surface area contributed by atoms with Crippen LogP contribution in [0.2, 0.25) is 0 Å². The second-order valence-corrected chi connectivity index (χ2v) is 6.10. The smallest absolute Gasteiger partial charge is 0.360 e. The highest BCUT2D eigenvalue weighted by molar-refractivity contribution is 6.02. The van der Waals surface area contributed by atoms with E-state index in [1.807, 2.05) is 13.0 Å². The molecule has 1 aromatic heterocycles. The third-order valence-corrected chi connectivity index (χ3v) is 4.08. The number of carbonyl (C=O) groups excluding carboxylic acids is 2.